The molecule has 0 saturated carbocycles. The van der Waals surface area contributed by atoms with Crippen LogP contribution in [0.25, 0.3) is 11.2 Å². The van der Waals surface area contributed by atoms with E-state index < -0.39 is 0 Å². The standard InChI is InChI=1S/C10H12N4O/c1-2-8-9(12-3-1)13-10(15-8)14-6-4-11-5-7-14/h1-3,11H,4-7H2. The molecule has 2 aromatic rings. The van der Waals surface area contributed by atoms with Crippen LogP contribution in [-0.4, -0.2) is 36.1 Å². The number of hydrogen-bond donors (Lipinski definition) is 1. The number of aromatic nitrogens is 2. The van der Waals surface area contributed by atoms with Crippen molar-refractivity contribution in [3.8, 4) is 0 Å². The molecule has 1 saturated heterocycles. The lowest BCUT2D eigenvalue weighted by atomic mass is 10.4. The average molecular weight is 204 g/mol. The predicted octanol–water partition coefficient (Wildman–Crippen LogP) is 0.632. The molecule has 0 amide bonds. The lowest BCUT2D eigenvalue weighted by Crippen LogP contribution is -2.43. The van der Waals surface area contributed by atoms with Gasteiger partial charge in [-0.3, -0.25) is 0 Å². The van der Waals surface area contributed by atoms with Gasteiger partial charge >= 0.3 is 0 Å². The van der Waals surface area contributed by atoms with Crippen molar-refractivity contribution in [3.05, 3.63) is 18.3 Å². The summed E-state index contributed by atoms with van der Waals surface area (Å²) < 4.78 is 5.63. The van der Waals surface area contributed by atoms with Crippen LogP contribution < -0.4 is 10.2 Å². The summed E-state index contributed by atoms with van der Waals surface area (Å²) in [6.07, 6.45) is 1.73. The Morgan fingerprint density at radius 1 is 1.33 bits per heavy atom. The fourth-order valence-electron chi connectivity index (χ4n) is 1.75. The maximum atomic E-state index is 5.63. The van der Waals surface area contributed by atoms with E-state index in [1.165, 1.54) is 0 Å². The molecule has 78 valence electrons. The fourth-order valence-corrected chi connectivity index (χ4v) is 1.75. The van der Waals surface area contributed by atoms with Crippen molar-refractivity contribution >= 4 is 17.2 Å². The zero-order valence-corrected chi connectivity index (χ0v) is 8.31. The van der Waals surface area contributed by atoms with E-state index >= 15 is 0 Å². The molecular weight excluding hydrogens is 192 g/mol. The Morgan fingerprint density at radius 2 is 2.20 bits per heavy atom. The first-order valence-corrected chi connectivity index (χ1v) is 5.11. The third kappa shape index (κ3) is 1.55. The van der Waals surface area contributed by atoms with Gasteiger partial charge in [0.05, 0.1) is 0 Å². The van der Waals surface area contributed by atoms with Crippen LogP contribution in [0.2, 0.25) is 0 Å². The Balaban J connectivity index is 1.96. The smallest absolute Gasteiger partial charge is 0.300 e. The Morgan fingerprint density at radius 3 is 3.00 bits per heavy atom. The largest absolute Gasteiger partial charge is 0.422 e. The SMILES string of the molecule is c1cnc2nc(N3CCNCC3)oc2c1. The normalized spacial score (nSPS) is 17.2. The highest BCUT2D eigenvalue weighted by molar-refractivity contribution is 5.69. The van der Waals surface area contributed by atoms with E-state index in [9.17, 15) is 0 Å². The van der Waals surface area contributed by atoms with Crippen molar-refractivity contribution in [2.45, 2.75) is 0 Å². The number of fused-ring (bicyclic) bond motifs is 1. The molecule has 5 heteroatoms. The third-order valence-corrected chi connectivity index (χ3v) is 2.54. The number of piperazine rings is 1. The zero-order valence-electron chi connectivity index (χ0n) is 8.31. The predicted molar refractivity (Wildman–Crippen MR) is 56.9 cm³/mol. The van der Waals surface area contributed by atoms with E-state index in [0.717, 1.165) is 31.8 Å². The molecule has 0 aromatic carbocycles. The number of anilines is 1. The highest BCUT2D eigenvalue weighted by atomic mass is 16.4. The molecule has 0 radical (unpaired) electrons. The second-order valence-electron chi connectivity index (χ2n) is 3.56. The van der Waals surface area contributed by atoms with Crippen LogP contribution in [0.15, 0.2) is 22.7 Å². The van der Waals surface area contributed by atoms with E-state index in [2.05, 4.69) is 20.2 Å². The van der Waals surface area contributed by atoms with Crippen LogP contribution >= 0.6 is 0 Å². The minimum Gasteiger partial charge on any atom is -0.422 e. The summed E-state index contributed by atoms with van der Waals surface area (Å²) in [6.45, 7) is 3.83. The van der Waals surface area contributed by atoms with Crippen molar-refractivity contribution in [2.75, 3.05) is 31.1 Å². The molecule has 1 N–H and O–H groups in total. The second kappa shape index (κ2) is 3.51. The first kappa shape index (κ1) is 8.67. The molecule has 0 atom stereocenters. The molecule has 0 aliphatic carbocycles. The molecule has 0 spiro atoms. The van der Waals surface area contributed by atoms with Gasteiger partial charge in [-0.15, -0.1) is 0 Å². The molecule has 3 heterocycles. The van der Waals surface area contributed by atoms with Crippen molar-refractivity contribution in [1.29, 1.82) is 0 Å². The molecule has 15 heavy (non-hydrogen) atoms. The summed E-state index contributed by atoms with van der Waals surface area (Å²) in [7, 11) is 0. The Bertz CT molecular complexity index is 428. The number of nitrogens with one attached hydrogen (secondary N) is 1. The van der Waals surface area contributed by atoms with E-state index in [-0.39, 0.29) is 0 Å². The number of hydrogen-bond acceptors (Lipinski definition) is 5. The molecule has 3 rings (SSSR count). The van der Waals surface area contributed by atoms with Crippen LogP contribution in [0, 0.1) is 0 Å². The number of rotatable bonds is 1. The summed E-state index contributed by atoms with van der Waals surface area (Å²) >= 11 is 0. The number of oxazole rings is 1. The van der Waals surface area contributed by atoms with Crippen LogP contribution in [-0.2, 0) is 0 Å². The number of nitrogens with zero attached hydrogens (tertiary/aromatic N) is 3. The monoisotopic (exact) mass is 204 g/mol. The second-order valence-corrected chi connectivity index (χ2v) is 3.56. The maximum Gasteiger partial charge on any atom is 0.300 e. The van der Waals surface area contributed by atoms with Crippen LogP contribution in [0.3, 0.4) is 0 Å². The number of pyridine rings is 1. The van der Waals surface area contributed by atoms with Gasteiger partial charge in [0.15, 0.2) is 5.58 Å². The molecule has 5 nitrogen and oxygen atoms in total. The summed E-state index contributed by atoms with van der Waals surface area (Å²) in [6, 6.07) is 4.43. The van der Waals surface area contributed by atoms with Gasteiger partial charge in [-0.2, -0.15) is 4.98 Å². The van der Waals surface area contributed by atoms with E-state index in [4.69, 9.17) is 4.42 Å². The maximum absolute atomic E-state index is 5.63. The van der Waals surface area contributed by atoms with Gasteiger partial charge in [0.2, 0.25) is 5.65 Å². The van der Waals surface area contributed by atoms with Crippen molar-refractivity contribution in [1.82, 2.24) is 15.3 Å². The summed E-state index contributed by atoms with van der Waals surface area (Å²) in [5.41, 5.74) is 1.44. The van der Waals surface area contributed by atoms with Crippen LogP contribution in [0.1, 0.15) is 0 Å². The van der Waals surface area contributed by atoms with Gasteiger partial charge in [-0.25, -0.2) is 4.98 Å². The Hall–Kier alpha value is -1.62. The van der Waals surface area contributed by atoms with E-state index in [0.29, 0.717) is 11.7 Å². The minimum absolute atomic E-state index is 0.685. The molecule has 1 aliphatic heterocycles. The lowest BCUT2D eigenvalue weighted by Gasteiger charge is -2.25. The molecule has 1 aliphatic rings. The highest BCUT2D eigenvalue weighted by Gasteiger charge is 2.16. The highest BCUT2D eigenvalue weighted by Crippen LogP contribution is 2.19. The first-order valence-electron chi connectivity index (χ1n) is 5.11. The van der Waals surface area contributed by atoms with E-state index in [1.807, 2.05) is 12.1 Å². The summed E-state index contributed by atoms with van der Waals surface area (Å²) in [5.74, 6) is 0. The van der Waals surface area contributed by atoms with Crippen molar-refractivity contribution < 1.29 is 4.42 Å². The lowest BCUT2D eigenvalue weighted by molar-refractivity contribution is 0.517. The van der Waals surface area contributed by atoms with Gasteiger partial charge in [0, 0.05) is 32.4 Å². The fraction of sp³-hybridized carbons (Fsp3) is 0.400. The van der Waals surface area contributed by atoms with Gasteiger partial charge < -0.3 is 14.6 Å². The molecular formula is C10H12N4O. The van der Waals surface area contributed by atoms with Gasteiger partial charge in [-0.1, -0.05) is 0 Å². The topological polar surface area (TPSA) is 54.2 Å². The van der Waals surface area contributed by atoms with Gasteiger partial charge in [0.25, 0.3) is 6.01 Å². The zero-order chi connectivity index (χ0) is 10.1. The van der Waals surface area contributed by atoms with Crippen LogP contribution in [0.4, 0.5) is 6.01 Å². The molecule has 0 unspecified atom stereocenters. The quantitative estimate of drug-likeness (QED) is 0.738. The Kier molecular flexibility index (Phi) is 2.03. The Labute approximate surface area is 87.1 Å². The minimum atomic E-state index is 0.685. The van der Waals surface area contributed by atoms with Gasteiger partial charge in [0.1, 0.15) is 0 Å². The first-order chi connectivity index (χ1) is 7.43. The molecule has 2 aromatic heterocycles. The summed E-state index contributed by atoms with van der Waals surface area (Å²) in [5, 5.41) is 3.29. The average Bonchev–Trinajstić information content (AvgIpc) is 2.74. The van der Waals surface area contributed by atoms with E-state index in [1.54, 1.807) is 6.20 Å². The van der Waals surface area contributed by atoms with Crippen LogP contribution in [0.5, 0.6) is 0 Å². The van der Waals surface area contributed by atoms with Crippen molar-refractivity contribution in [3.63, 3.8) is 0 Å². The molecule has 1 fully saturated rings. The summed E-state index contributed by atoms with van der Waals surface area (Å²) in [4.78, 5) is 10.6. The van der Waals surface area contributed by atoms with Crippen molar-refractivity contribution in [2.24, 2.45) is 0 Å². The molecule has 0 bridgehead atoms. The van der Waals surface area contributed by atoms with Gasteiger partial charge in [-0.05, 0) is 12.1 Å². The third-order valence-electron chi connectivity index (χ3n) is 2.54.